The van der Waals surface area contributed by atoms with E-state index in [1.165, 1.54) is 19.4 Å². The molecule has 1 N–H and O–H groups in total. The number of carbonyl (C=O) groups excluding carboxylic acids is 1. The van der Waals surface area contributed by atoms with E-state index in [1.807, 2.05) is 20.8 Å². The Hall–Kier alpha value is -0.610. The summed E-state index contributed by atoms with van der Waals surface area (Å²) in [4.78, 5) is 14.0. The van der Waals surface area contributed by atoms with Gasteiger partial charge in [-0.3, -0.25) is 4.79 Å². The molecule has 0 unspecified atom stereocenters. The third kappa shape index (κ3) is 5.83. The zero-order chi connectivity index (χ0) is 13.4. The van der Waals surface area contributed by atoms with Crippen LogP contribution in [-0.2, 0) is 9.53 Å². The Labute approximate surface area is 111 Å². The molecular formula is C14H28N2O2. The Balaban J connectivity index is 2.20. The highest BCUT2D eigenvalue weighted by Crippen LogP contribution is 2.15. The summed E-state index contributed by atoms with van der Waals surface area (Å²) in [5, 5.41) is 3.04. The van der Waals surface area contributed by atoms with E-state index >= 15 is 0 Å². The van der Waals surface area contributed by atoms with Gasteiger partial charge >= 0.3 is 0 Å². The van der Waals surface area contributed by atoms with Gasteiger partial charge in [0.25, 0.3) is 0 Å². The first-order valence-electron chi connectivity index (χ1n) is 7.21. The average molecular weight is 256 g/mol. The number of rotatable bonds is 7. The second kappa shape index (κ2) is 8.48. The van der Waals surface area contributed by atoms with Crippen LogP contribution in [-0.4, -0.2) is 50.2 Å². The first-order chi connectivity index (χ1) is 8.63. The zero-order valence-corrected chi connectivity index (χ0v) is 12.1. The molecule has 0 aromatic carbocycles. The number of likely N-dealkylation sites (tertiary alicyclic amines) is 1. The molecular weight excluding hydrogens is 228 g/mol. The summed E-state index contributed by atoms with van der Waals surface area (Å²) in [6.07, 6.45) is 2.46. The Morgan fingerprint density at radius 3 is 2.94 bits per heavy atom. The van der Waals surface area contributed by atoms with E-state index < -0.39 is 0 Å². The summed E-state index contributed by atoms with van der Waals surface area (Å²) in [7, 11) is 0. The lowest BCUT2D eigenvalue weighted by Gasteiger charge is -2.32. The predicted molar refractivity (Wildman–Crippen MR) is 73.5 cm³/mol. The molecule has 18 heavy (non-hydrogen) atoms. The molecule has 4 heteroatoms. The molecule has 1 aliphatic heterocycles. The van der Waals surface area contributed by atoms with Crippen molar-refractivity contribution < 1.29 is 9.53 Å². The van der Waals surface area contributed by atoms with Crippen molar-refractivity contribution in [3.05, 3.63) is 0 Å². The van der Waals surface area contributed by atoms with E-state index in [-0.39, 0.29) is 11.8 Å². The predicted octanol–water partition coefficient (Wildman–Crippen LogP) is 1.51. The number of nitrogens with zero attached hydrogens (tertiary/aromatic N) is 1. The van der Waals surface area contributed by atoms with Gasteiger partial charge in [0.15, 0.2) is 0 Å². The highest BCUT2D eigenvalue weighted by Gasteiger charge is 2.20. The Kier molecular flexibility index (Phi) is 7.28. The van der Waals surface area contributed by atoms with Crippen molar-refractivity contribution >= 4 is 5.91 Å². The summed E-state index contributed by atoms with van der Waals surface area (Å²) in [6, 6.07) is 0. The van der Waals surface area contributed by atoms with Gasteiger partial charge in [-0.1, -0.05) is 13.8 Å². The Bertz CT molecular complexity index is 244. The fourth-order valence-electron chi connectivity index (χ4n) is 2.31. The molecule has 0 radical (unpaired) electrons. The van der Waals surface area contributed by atoms with Gasteiger partial charge in [0.1, 0.15) is 0 Å². The van der Waals surface area contributed by atoms with Gasteiger partial charge in [0.05, 0.1) is 6.61 Å². The second-order valence-corrected chi connectivity index (χ2v) is 5.41. The van der Waals surface area contributed by atoms with E-state index in [2.05, 4.69) is 10.2 Å². The average Bonchev–Trinajstić information content (AvgIpc) is 2.36. The van der Waals surface area contributed by atoms with Gasteiger partial charge in [0, 0.05) is 32.2 Å². The third-order valence-electron chi connectivity index (χ3n) is 3.45. The monoisotopic (exact) mass is 256 g/mol. The van der Waals surface area contributed by atoms with Crippen molar-refractivity contribution in [3.63, 3.8) is 0 Å². The van der Waals surface area contributed by atoms with Crippen molar-refractivity contribution in [2.45, 2.75) is 33.6 Å². The van der Waals surface area contributed by atoms with E-state index in [9.17, 15) is 4.79 Å². The van der Waals surface area contributed by atoms with Crippen molar-refractivity contribution in [3.8, 4) is 0 Å². The minimum Gasteiger partial charge on any atom is -0.380 e. The summed E-state index contributed by atoms with van der Waals surface area (Å²) in [6.45, 7) is 11.6. The molecule has 0 aromatic rings. The van der Waals surface area contributed by atoms with Gasteiger partial charge in [-0.25, -0.2) is 0 Å². The summed E-state index contributed by atoms with van der Waals surface area (Å²) in [5.74, 6) is 0.854. The van der Waals surface area contributed by atoms with Crippen LogP contribution in [0.4, 0.5) is 0 Å². The largest absolute Gasteiger partial charge is 0.380 e. The number of carbonyl (C=O) groups is 1. The highest BCUT2D eigenvalue weighted by molar-refractivity contribution is 5.77. The Morgan fingerprint density at radius 2 is 2.28 bits per heavy atom. The van der Waals surface area contributed by atoms with Crippen LogP contribution in [0.3, 0.4) is 0 Å². The number of hydrogen-bond donors (Lipinski definition) is 1. The molecule has 0 aromatic heterocycles. The summed E-state index contributed by atoms with van der Waals surface area (Å²) < 4.78 is 5.39. The molecule has 1 fully saturated rings. The maximum Gasteiger partial charge on any atom is 0.222 e. The van der Waals surface area contributed by atoms with E-state index in [4.69, 9.17) is 4.74 Å². The third-order valence-corrected chi connectivity index (χ3v) is 3.45. The van der Waals surface area contributed by atoms with Crippen molar-refractivity contribution in [1.29, 1.82) is 0 Å². The Morgan fingerprint density at radius 1 is 1.50 bits per heavy atom. The molecule has 1 aliphatic rings. The second-order valence-electron chi connectivity index (χ2n) is 5.41. The number of piperidine rings is 1. The lowest BCUT2D eigenvalue weighted by molar-refractivity contribution is -0.124. The number of amides is 1. The number of hydrogen-bond acceptors (Lipinski definition) is 3. The molecule has 0 spiro atoms. The zero-order valence-electron chi connectivity index (χ0n) is 12.1. The maximum atomic E-state index is 11.5. The molecule has 106 valence electrons. The van der Waals surface area contributed by atoms with Crippen LogP contribution in [0.5, 0.6) is 0 Å². The van der Waals surface area contributed by atoms with Crippen LogP contribution in [0.15, 0.2) is 0 Å². The van der Waals surface area contributed by atoms with Crippen molar-refractivity contribution in [2.75, 3.05) is 39.4 Å². The van der Waals surface area contributed by atoms with Gasteiger partial charge in [-0.2, -0.15) is 0 Å². The molecule has 0 saturated carbocycles. The molecule has 0 bridgehead atoms. The van der Waals surface area contributed by atoms with Crippen LogP contribution in [0.1, 0.15) is 33.6 Å². The minimum atomic E-state index is 0.0858. The molecule has 4 nitrogen and oxygen atoms in total. The van der Waals surface area contributed by atoms with Crippen LogP contribution in [0.25, 0.3) is 0 Å². The first-order valence-corrected chi connectivity index (χ1v) is 7.21. The molecule has 1 atom stereocenters. The van der Waals surface area contributed by atoms with Gasteiger partial charge in [-0.05, 0) is 32.2 Å². The van der Waals surface area contributed by atoms with Gasteiger partial charge < -0.3 is 15.0 Å². The highest BCUT2D eigenvalue weighted by atomic mass is 16.5. The molecule has 1 heterocycles. The van der Waals surface area contributed by atoms with Crippen LogP contribution < -0.4 is 5.32 Å². The lowest BCUT2D eigenvalue weighted by Crippen LogP contribution is -2.42. The van der Waals surface area contributed by atoms with Crippen LogP contribution in [0.2, 0.25) is 0 Å². The fraction of sp³-hybridized carbons (Fsp3) is 0.929. The van der Waals surface area contributed by atoms with E-state index in [1.54, 1.807) is 0 Å². The van der Waals surface area contributed by atoms with Crippen molar-refractivity contribution in [2.24, 2.45) is 11.8 Å². The number of ether oxygens (including phenoxy) is 1. The maximum absolute atomic E-state index is 11.5. The first kappa shape index (κ1) is 15.4. The number of nitrogens with one attached hydrogen (secondary N) is 1. The van der Waals surface area contributed by atoms with Gasteiger partial charge in [0.2, 0.25) is 5.91 Å². The molecule has 0 aliphatic carbocycles. The molecule has 1 saturated heterocycles. The lowest BCUT2D eigenvalue weighted by atomic mass is 9.98. The SMILES string of the molecule is CCOCCN1CCC[C@@H](CNC(=O)C(C)C)C1. The standard InChI is InChI=1S/C14H28N2O2/c1-4-18-9-8-16-7-5-6-13(11-16)10-15-14(17)12(2)3/h12-13H,4-11H2,1-3H3,(H,15,17)/t13-/m0/s1. The van der Waals surface area contributed by atoms with Gasteiger partial charge in [-0.15, -0.1) is 0 Å². The molecule has 1 amide bonds. The van der Waals surface area contributed by atoms with Crippen molar-refractivity contribution in [1.82, 2.24) is 10.2 Å². The van der Waals surface area contributed by atoms with Crippen LogP contribution in [0, 0.1) is 11.8 Å². The summed E-state index contributed by atoms with van der Waals surface area (Å²) >= 11 is 0. The minimum absolute atomic E-state index is 0.0858. The topological polar surface area (TPSA) is 41.6 Å². The normalized spacial score (nSPS) is 21.2. The van der Waals surface area contributed by atoms with E-state index in [0.29, 0.717) is 5.92 Å². The smallest absolute Gasteiger partial charge is 0.222 e. The quantitative estimate of drug-likeness (QED) is 0.702. The fourth-order valence-corrected chi connectivity index (χ4v) is 2.31. The summed E-state index contributed by atoms with van der Waals surface area (Å²) in [5.41, 5.74) is 0. The molecule has 1 rings (SSSR count). The van der Waals surface area contributed by atoms with Crippen LogP contribution >= 0.6 is 0 Å². The van der Waals surface area contributed by atoms with E-state index in [0.717, 1.165) is 32.8 Å².